The number of amides is 1. The van der Waals surface area contributed by atoms with E-state index < -0.39 is 6.04 Å². The highest BCUT2D eigenvalue weighted by Crippen LogP contribution is 2.34. The molecule has 0 heterocycles. The van der Waals surface area contributed by atoms with E-state index in [1.165, 1.54) is 14.0 Å². The Morgan fingerprint density at radius 2 is 1.89 bits per heavy atom. The summed E-state index contributed by atoms with van der Waals surface area (Å²) in [6, 6.07) is 2.97. The average Bonchev–Trinajstić information content (AvgIpc) is 2.63. The Kier molecular flexibility index (Phi) is 3.23. The van der Waals surface area contributed by atoms with Crippen molar-refractivity contribution in [2.75, 3.05) is 14.2 Å². The van der Waals surface area contributed by atoms with Gasteiger partial charge in [-0.15, -0.1) is 0 Å². The van der Waals surface area contributed by atoms with Crippen molar-refractivity contribution in [3.8, 4) is 11.5 Å². The summed E-state index contributed by atoms with van der Waals surface area (Å²) in [7, 11) is 3.07. The van der Waals surface area contributed by atoms with Gasteiger partial charge >= 0.3 is 0 Å². The lowest BCUT2D eigenvalue weighted by atomic mass is 10.1. The van der Waals surface area contributed by atoms with Gasteiger partial charge in [-0.3, -0.25) is 9.59 Å². The molecule has 0 aliphatic heterocycles. The lowest BCUT2D eigenvalue weighted by Crippen LogP contribution is -2.37. The molecule has 0 bridgehead atoms. The third-order valence-electron chi connectivity index (χ3n) is 2.99. The van der Waals surface area contributed by atoms with Crippen LogP contribution >= 0.6 is 0 Å². The standard InChI is InChI=1S/C13H15NO4/c1-7(15)14-10-4-8-5-11(17-2)12(18-3)6-9(8)13(10)16/h5-6,10H,4H2,1-3H3,(H,14,15)/t10-/m1/s1. The summed E-state index contributed by atoms with van der Waals surface area (Å²) in [4.78, 5) is 23.1. The molecule has 0 aromatic heterocycles. The van der Waals surface area contributed by atoms with E-state index in [1.54, 1.807) is 19.2 Å². The molecule has 1 aromatic carbocycles. The van der Waals surface area contributed by atoms with E-state index in [4.69, 9.17) is 9.47 Å². The van der Waals surface area contributed by atoms with E-state index >= 15 is 0 Å². The first kappa shape index (κ1) is 12.4. The molecule has 2 rings (SSSR count). The van der Waals surface area contributed by atoms with Crippen LogP contribution in [0.25, 0.3) is 0 Å². The molecule has 18 heavy (non-hydrogen) atoms. The van der Waals surface area contributed by atoms with Crippen molar-refractivity contribution in [1.82, 2.24) is 5.32 Å². The molecule has 0 spiro atoms. The number of carbonyl (C=O) groups excluding carboxylic acids is 2. The highest BCUT2D eigenvalue weighted by atomic mass is 16.5. The Morgan fingerprint density at radius 1 is 1.28 bits per heavy atom. The molecule has 1 N–H and O–H groups in total. The second kappa shape index (κ2) is 4.68. The Bertz CT molecular complexity index is 510. The molecule has 0 fully saturated rings. The van der Waals surface area contributed by atoms with Crippen LogP contribution in [0.3, 0.4) is 0 Å². The minimum atomic E-state index is -0.477. The molecule has 96 valence electrons. The van der Waals surface area contributed by atoms with Gasteiger partial charge in [0.2, 0.25) is 5.91 Å². The highest BCUT2D eigenvalue weighted by Gasteiger charge is 2.32. The molecule has 1 aromatic rings. The molecule has 1 aliphatic rings. The highest BCUT2D eigenvalue weighted by molar-refractivity contribution is 6.06. The van der Waals surface area contributed by atoms with Crippen LogP contribution < -0.4 is 14.8 Å². The third kappa shape index (κ3) is 2.03. The monoisotopic (exact) mass is 249 g/mol. The summed E-state index contributed by atoms with van der Waals surface area (Å²) in [5.41, 5.74) is 1.46. The summed E-state index contributed by atoms with van der Waals surface area (Å²) in [5, 5.41) is 2.64. The molecule has 5 heteroatoms. The van der Waals surface area contributed by atoms with Crippen LogP contribution in [0.15, 0.2) is 12.1 Å². The topological polar surface area (TPSA) is 64.6 Å². The van der Waals surface area contributed by atoms with Gasteiger partial charge in [0.15, 0.2) is 17.3 Å². The van der Waals surface area contributed by atoms with E-state index in [1.807, 2.05) is 0 Å². The number of ether oxygens (including phenoxy) is 2. The molecule has 1 atom stereocenters. The molecule has 1 amide bonds. The molecule has 5 nitrogen and oxygen atoms in total. The summed E-state index contributed by atoms with van der Waals surface area (Å²) in [5.74, 6) is 0.821. The van der Waals surface area contributed by atoms with E-state index in [0.717, 1.165) is 5.56 Å². The van der Waals surface area contributed by atoms with Crippen molar-refractivity contribution in [3.63, 3.8) is 0 Å². The first-order valence-electron chi connectivity index (χ1n) is 5.63. The summed E-state index contributed by atoms with van der Waals surface area (Å²) in [6.07, 6.45) is 0.494. The number of hydrogen-bond acceptors (Lipinski definition) is 4. The van der Waals surface area contributed by atoms with Crippen LogP contribution in [0.2, 0.25) is 0 Å². The second-order valence-electron chi connectivity index (χ2n) is 4.19. The number of rotatable bonds is 3. The van der Waals surface area contributed by atoms with Crippen molar-refractivity contribution < 1.29 is 19.1 Å². The lowest BCUT2D eigenvalue weighted by molar-refractivity contribution is -0.119. The molecular formula is C13H15NO4. The van der Waals surface area contributed by atoms with Crippen LogP contribution in [-0.4, -0.2) is 32.0 Å². The van der Waals surface area contributed by atoms with Gasteiger partial charge in [-0.2, -0.15) is 0 Å². The fourth-order valence-corrected chi connectivity index (χ4v) is 2.18. The number of Topliss-reactive ketones (excluding diaryl/α,β-unsaturated/α-hetero) is 1. The lowest BCUT2D eigenvalue weighted by Gasteiger charge is -2.09. The van der Waals surface area contributed by atoms with Gasteiger partial charge in [0.25, 0.3) is 0 Å². The third-order valence-corrected chi connectivity index (χ3v) is 2.99. The molecule has 1 aliphatic carbocycles. The maximum absolute atomic E-state index is 12.1. The van der Waals surface area contributed by atoms with Crippen LogP contribution in [0.5, 0.6) is 11.5 Å². The number of ketones is 1. The van der Waals surface area contributed by atoms with Gasteiger partial charge in [0, 0.05) is 18.9 Å². The molecule has 0 radical (unpaired) electrons. The smallest absolute Gasteiger partial charge is 0.217 e. The number of nitrogens with one attached hydrogen (secondary N) is 1. The molecule has 0 saturated heterocycles. The van der Waals surface area contributed by atoms with Gasteiger partial charge in [0.1, 0.15) is 0 Å². The average molecular weight is 249 g/mol. The predicted molar refractivity (Wildman–Crippen MR) is 65.2 cm³/mol. The number of benzene rings is 1. The molecular weight excluding hydrogens is 234 g/mol. The normalized spacial score (nSPS) is 17.3. The minimum absolute atomic E-state index is 0.0823. The van der Waals surface area contributed by atoms with E-state index in [0.29, 0.717) is 23.5 Å². The Labute approximate surface area is 105 Å². The fourth-order valence-electron chi connectivity index (χ4n) is 2.18. The van der Waals surface area contributed by atoms with Gasteiger partial charge in [-0.05, 0) is 17.7 Å². The first-order valence-corrected chi connectivity index (χ1v) is 5.63. The van der Waals surface area contributed by atoms with Crippen LogP contribution in [-0.2, 0) is 11.2 Å². The van der Waals surface area contributed by atoms with E-state index in [2.05, 4.69) is 5.32 Å². The molecule has 0 saturated carbocycles. The Morgan fingerprint density at radius 3 is 2.44 bits per heavy atom. The van der Waals surface area contributed by atoms with Gasteiger partial charge in [-0.1, -0.05) is 0 Å². The summed E-state index contributed by atoms with van der Waals surface area (Å²) >= 11 is 0. The van der Waals surface area contributed by atoms with Crippen molar-refractivity contribution in [2.45, 2.75) is 19.4 Å². The maximum Gasteiger partial charge on any atom is 0.217 e. The fraction of sp³-hybridized carbons (Fsp3) is 0.385. The van der Waals surface area contributed by atoms with Crippen molar-refractivity contribution in [1.29, 1.82) is 0 Å². The van der Waals surface area contributed by atoms with Gasteiger partial charge < -0.3 is 14.8 Å². The predicted octanol–water partition coefficient (Wildman–Crippen LogP) is 0.947. The van der Waals surface area contributed by atoms with Gasteiger partial charge in [0.05, 0.1) is 20.3 Å². The van der Waals surface area contributed by atoms with Crippen molar-refractivity contribution in [3.05, 3.63) is 23.3 Å². The van der Waals surface area contributed by atoms with Crippen molar-refractivity contribution >= 4 is 11.7 Å². The zero-order chi connectivity index (χ0) is 13.3. The number of carbonyl (C=O) groups is 2. The Balaban J connectivity index is 2.36. The zero-order valence-corrected chi connectivity index (χ0v) is 10.6. The first-order chi connectivity index (χ1) is 8.56. The molecule has 0 unspecified atom stereocenters. The van der Waals surface area contributed by atoms with E-state index in [-0.39, 0.29) is 11.7 Å². The zero-order valence-electron chi connectivity index (χ0n) is 10.6. The van der Waals surface area contributed by atoms with E-state index in [9.17, 15) is 9.59 Å². The summed E-state index contributed by atoms with van der Waals surface area (Å²) in [6.45, 7) is 1.40. The quantitative estimate of drug-likeness (QED) is 0.866. The largest absolute Gasteiger partial charge is 0.493 e. The maximum atomic E-state index is 12.1. The van der Waals surface area contributed by atoms with Gasteiger partial charge in [-0.25, -0.2) is 0 Å². The number of methoxy groups -OCH3 is 2. The van der Waals surface area contributed by atoms with Crippen LogP contribution in [0.4, 0.5) is 0 Å². The van der Waals surface area contributed by atoms with Crippen molar-refractivity contribution in [2.24, 2.45) is 0 Å². The van der Waals surface area contributed by atoms with Crippen LogP contribution in [0.1, 0.15) is 22.8 Å². The number of hydrogen-bond donors (Lipinski definition) is 1. The second-order valence-corrected chi connectivity index (χ2v) is 4.19. The SMILES string of the molecule is COc1cc2c(cc1OC)C(=O)[C@H](NC(C)=O)C2. The summed E-state index contributed by atoms with van der Waals surface area (Å²) < 4.78 is 10.4. The minimum Gasteiger partial charge on any atom is -0.493 e. The van der Waals surface area contributed by atoms with Crippen LogP contribution in [0, 0.1) is 0 Å². The Hall–Kier alpha value is -2.04. The number of fused-ring (bicyclic) bond motifs is 1.